The lowest BCUT2D eigenvalue weighted by Crippen LogP contribution is -2.22. The van der Waals surface area contributed by atoms with E-state index < -0.39 is 5.91 Å². The van der Waals surface area contributed by atoms with Gasteiger partial charge in [0.15, 0.2) is 0 Å². The van der Waals surface area contributed by atoms with Crippen LogP contribution in [0.1, 0.15) is 26.7 Å². The first-order valence-electron chi connectivity index (χ1n) is 7.60. The lowest BCUT2D eigenvalue weighted by Gasteiger charge is -2.09. The largest absolute Gasteiger partial charge is 0.318 e. The van der Waals surface area contributed by atoms with Crippen LogP contribution in [0.4, 0.5) is 11.4 Å². The van der Waals surface area contributed by atoms with Gasteiger partial charge in [-0.15, -0.1) is 0 Å². The Morgan fingerprint density at radius 1 is 0.846 bits per heavy atom. The van der Waals surface area contributed by atoms with Gasteiger partial charge in [0.25, 0.3) is 11.8 Å². The average Bonchev–Trinajstić information content (AvgIpc) is 3.21. The fourth-order valence-corrected chi connectivity index (χ4v) is 3.17. The molecule has 0 atom stereocenters. The highest BCUT2D eigenvalue weighted by Gasteiger charge is 2.22. The molecule has 3 rings (SSSR count). The van der Waals surface area contributed by atoms with Crippen molar-refractivity contribution >= 4 is 45.8 Å². The van der Waals surface area contributed by atoms with Crippen molar-refractivity contribution in [1.82, 2.24) is 29.3 Å². The summed E-state index contributed by atoms with van der Waals surface area (Å²) < 4.78 is 5.26. The zero-order valence-corrected chi connectivity index (χ0v) is 16.8. The number of nitrogens with one attached hydrogen (secondary N) is 2. The number of anilines is 2. The number of nitrogens with zero attached hydrogens (tertiary/aromatic N) is 6. The van der Waals surface area contributed by atoms with Gasteiger partial charge in [-0.1, -0.05) is 0 Å². The quantitative estimate of drug-likeness (QED) is 0.561. The third-order valence-corrected chi connectivity index (χ3v) is 4.78. The van der Waals surface area contributed by atoms with Crippen LogP contribution in [-0.2, 0) is 21.1 Å². The summed E-state index contributed by atoms with van der Waals surface area (Å²) in [6.45, 7) is 1.85. The molecular weight excluding hydrogens is 451 g/mol. The molecule has 0 aliphatic rings. The highest BCUT2D eigenvalue weighted by molar-refractivity contribution is 14.1. The first-order valence-corrected chi connectivity index (χ1v) is 8.68. The molecule has 0 radical (unpaired) electrons. The summed E-state index contributed by atoms with van der Waals surface area (Å²) in [5.74, 6) is -0.759. The van der Waals surface area contributed by atoms with E-state index in [1.54, 1.807) is 38.2 Å². The van der Waals surface area contributed by atoms with Crippen molar-refractivity contribution in [2.24, 2.45) is 21.1 Å². The lowest BCUT2D eigenvalue weighted by molar-refractivity contribution is 0.101. The van der Waals surface area contributed by atoms with Crippen molar-refractivity contribution in [2.75, 3.05) is 10.6 Å². The molecule has 26 heavy (non-hydrogen) atoms. The number of carbonyl (C=O) groups is 2. The molecule has 3 aromatic rings. The third kappa shape index (κ3) is 3.21. The molecule has 0 saturated carbocycles. The van der Waals surface area contributed by atoms with E-state index in [4.69, 9.17) is 0 Å². The van der Waals surface area contributed by atoms with Gasteiger partial charge in [-0.2, -0.15) is 15.3 Å². The SMILES string of the molecule is Cc1c(NC(=O)c2c(NC(=O)c3c(I)cnn3C)cnn2C)cnn1C. The van der Waals surface area contributed by atoms with Gasteiger partial charge in [-0.25, -0.2) is 0 Å². The van der Waals surface area contributed by atoms with Crippen molar-refractivity contribution in [2.45, 2.75) is 6.92 Å². The topological polar surface area (TPSA) is 112 Å². The average molecular weight is 468 g/mol. The monoisotopic (exact) mass is 468 g/mol. The summed E-state index contributed by atoms with van der Waals surface area (Å²) >= 11 is 2.03. The molecule has 0 aliphatic carbocycles. The molecule has 0 aliphatic heterocycles. The zero-order valence-electron chi connectivity index (χ0n) is 14.6. The second-order valence-corrected chi connectivity index (χ2v) is 6.83. The summed E-state index contributed by atoms with van der Waals surface area (Å²) in [7, 11) is 5.10. The fourth-order valence-electron chi connectivity index (χ4n) is 2.45. The van der Waals surface area contributed by atoms with Crippen molar-refractivity contribution in [1.29, 1.82) is 0 Å². The van der Waals surface area contributed by atoms with Crippen LogP contribution >= 0.6 is 22.6 Å². The Balaban J connectivity index is 1.86. The van der Waals surface area contributed by atoms with E-state index >= 15 is 0 Å². The Labute approximate surface area is 162 Å². The number of rotatable bonds is 4. The van der Waals surface area contributed by atoms with Crippen molar-refractivity contribution in [3.05, 3.63) is 39.2 Å². The molecule has 0 spiro atoms. The van der Waals surface area contributed by atoms with Crippen LogP contribution in [-0.4, -0.2) is 41.2 Å². The summed E-state index contributed by atoms with van der Waals surface area (Å²) in [4.78, 5) is 25.3. The molecule has 0 unspecified atom stereocenters. The summed E-state index contributed by atoms with van der Waals surface area (Å²) in [5, 5.41) is 17.8. The minimum absolute atomic E-state index is 0.235. The maximum atomic E-state index is 12.7. The van der Waals surface area contributed by atoms with Crippen LogP contribution < -0.4 is 10.6 Å². The zero-order chi connectivity index (χ0) is 19.0. The van der Waals surface area contributed by atoms with E-state index in [2.05, 4.69) is 25.9 Å². The van der Waals surface area contributed by atoms with Gasteiger partial charge in [0.05, 0.1) is 39.2 Å². The lowest BCUT2D eigenvalue weighted by atomic mass is 10.3. The maximum Gasteiger partial charge on any atom is 0.276 e. The third-order valence-electron chi connectivity index (χ3n) is 3.99. The second kappa shape index (κ2) is 6.90. The van der Waals surface area contributed by atoms with Gasteiger partial charge in [0.1, 0.15) is 11.4 Å². The Kier molecular flexibility index (Phi) is 4.80. The number of hydrogen-bond donors (Lipinski definition) is 2. The molecule has 2 amide bonds. The van der Waals surface area contributed by atoms with Crippen molar-refractivity contribution < 1.29 is 9.59 Å². The van der Waals surface area contributed by atoms with Crippen LogP contribution in [0, 0.1) is 10.5 Å². The molecule has 0 aromatic carbocycles. The molecule has 11 heteroatoms. The molecule has 2 N–H and O–H groups in total. The predicted molar refractivity (Wildman–Crippen MR) is 103 cm³/mol. The van der Waals surface area contributed by atoms with E-state index in [0.717, 1.165) is 5.69 Å². The molecule has 0 fully saturated rings. The first kappa shape index (κ1) is 18.1. The van der Waals surface area contributed by atoms with Crippen LogP contribution in [0.5, 0.6) is 0 Å². The number of aromatic nitrogens is 6. The van der Waals surface area contributed by atoms with E-state index in [-0.39, 0.29) is 11.6 Å². The van der Waals surface area contributed by atoms with Crippen LogP contribution in [0.2, 0.25) is 0 Å². The van der Waals surface area contributed by atoms with Gasteiger partial charge >= 0.3 is 0 Å². The molecule has 0 bridgehead atoms. The van der Waals surface area contributed by atoms with Gasteiger partial charge in [0.2, 0.25) is 0 Å². The van der Waals surface area contributed by atoms with Gasteiger partial charge in [0, 0.05) is 21.1 Å². The van der Waals surface area contributed by atoms with Gasteiger partial charge < -0.3 is 10.6 Å². The van der Waals surface area contributed by atoms with Gasteiger partial charge in [-0.3, -0.25) is 23.6 Å². The normalized spacial score (nSPS) is 10.8. The minimum Gasteiger partial charge on any atom is -0.318 e. The highest BCUT2D eigenvalue weighted by atomic mass is 127. The van der Waals surface area contributed by atoms with E-state index in [9.17, 15) is 9.59 Å². The number of aryl methyl sites for hydroxylation is 3. The first-order chi connectivity index (χ1) is 12.3. The standard InChI is InChI=1S/C15H17IN8O2/c1-8-10(6-18-22(8)2)20-15(26)13-11(7-19-24(13)4)21-14(25)12-9(16)5-17-23(12)3/h5-7H,1-4H3,(H,20,26)(H,21,25). The second-order valence-electron chi connectivity index (χ2n) is 5.67. The van der Waals surface area contributed by atoms with Crippen molar-refractivity contribution in [3.8, 4) is 0 Å². The Bertz CT molecular complexity index is 980. The minimum atomic E-state index is -0.392. The van der Waals surface area contributed by atoms with E-state index in [1.807, 2.05) is 29.5 Å². The fraction of sp³-hybridized carbons (Fsp3) is 0.267. The smallest absolute Gasteiger partial charge is 0.276 e. The molecular formula is C15H17IN8O2. The molecule has 10 nitrogen and oxygen atoms in total. The van der Waals surface area contributed by atoms with Crippen molar-refractivity contribution in [3.63, 3.8) is 0 Å². The Hall–Kier alpha value is -2.70. The Morgan fingerprint density at radius 3 is 1.92 bits per heavy atom. The summed E-state index contributed by atoms with van der Waals surface area (Å²) in [6.07, 6.45) is 4.60. The molecule has 0 saturated heterocycles. The number of halogens is 1. The van der Waals surface area contributed by atoms with E-state index in [0.29, 0.717) is 20.6 Å². The van der Waals surface area contributed by atoms with E-state index in [1.165, 1.54) is 15.6 Å². The predicted octanol–water partition coefficient (Wildman–Crippen LogP) is 1.30. The molecule has 3 heterocycles. The highest BCUT2D eigenvalue weighted by Crippen LogP contribution is 2.20. The molecule has 3 aromatic heterocycles. The van der Waals surface area contributed by atoms with Crippen LogP contribution in [0.15, 0.2) is 18.6 Å². The van der Waals surface area contributed by atoms with Gasteiger partial charge in [-0.05, 0) is 29.5 Å². The van der Waals surface area contributed by atoms with Crippen LogP contribution in [0.25, 0.3) is 0 Å². The Morgan fingerprint density at radius 2 is 1.35 bits per heavy atom. The summed E-state index contributed by atoms with van der Waals surface area (Å²) in [6, 6.07) is 0. The maximum absolute atomic E-state index is 12.7. The number of carbonyl (C=O) groups excluding carboxylic acids is 2. The number of hydrogen-bond acceptors (Lipinski definition) is 5. The summed E-state index contributed by atoms with van der Waals surface area (Å²) in [5.41, 5.74) is 2.36. The molecule has 136 valence electrons. The van der Waals surface area contributed by atoms with Crippen LogP contribution in [0.3, 0.4) is 0 Å². The number of amides is 2.